The van der Waals surface area contributed by atoms with E-state index in [0.717, 1.165) is 12.0 Å². The number of Topliss-reactive ketones (excluding diaryl/α,β-unsaturated/α-hetero) is 1. The Hall–Kier alpha value is -3.74. The van der Waals surface area contributed by atoms with Crippen molar-refractivity contribution in [3.63, 3.8) is 0 Å². The number of rotatable bonds is 2. The second kappa shape index (κ2) is 6.13. The Morgan fingerprint density at radius 1 is 0.933 bits per heavy atom. The third kappa shape index (κ3) is 2.09. The minimum Gasteiger partial charge on any atom is -0.502 e. The zero-order chi connectivity index (χ0) is 21.2. The van der Waals surface area contributed by atoms with Crippen LogP contribution in [0.3, 0.4) is 0 Å². The fraction of sp³-hybridized carbons (Fsp3) is 0.217. The minimum atomic E-state index is -1.64. The average molecular weight is 406 g/mol. The van der Waals surface area contributed by atoms with E-state index in [0.29, 0.717) is 23.3 Å². The molecule has 0 saturated heterocycles. The molecule has 2 aliphatic heterocycles. The normalized spacial score (nSPS) is 24.4. The fourth-order valence-electron chi connectivity index (χ4n) is 4.60. The van der Waals surface area contributed by atoms with E-state index in [1.165, 1.54) is 0 Å². The van der Waals surface area contributed by atoms with E-state index in [1.807, 2.05) is 13.0 Å². The summed E-state index contributed by atoms with van der Waals surface area (Å²) in [4.78, 5) is 25.9. The van der Waals surface area contributed by atoms with E-state index in [-0.39, 0.29) is 11.3 Å². The van der Waals surface area contributed by atoms with Gasteiger partial charge in [0.05, 0.1) is 5.56 Å². The number of carbonyl (C=O) groups is 2. The molecule has 3 aliphatic rings. The van der Waals surface area contributed by atoms with Crippen molar-refractivity contribution < 1.29 is 34.4 Å². The van der Waals surface area contributed by atoms with Crippen LogP contribution >= 0.6 is 0 Å². The highest BCUT2D eigenvalue weighted by Crippen LogP contribution is 2.58. The molecular weight excluding hydrogens is 388 g/mol. The SMILES string of the molecule is CCCc1cccc2c1OC1=C(O)C(O)=C(O)C(=O)C1C21OC(=O)c2ccccc21. The van der Waals surface area contributed by atoms with E-state index in [9.17, 15) is 24.9 Å². The van der Waals surface area contributed by atoms with Gasteiger partial charge in [0.1, 0.15) is 11.7 Å². The molecule has 2 aromatic rings. The number of aliphatic hydroxyl groups excluding tert-OH is 3. The smallest absolute Gasteiger partial charge is 0.339 e. The number of benzene rings is 2. The first kappa shape index (κ1) is 18.3. The molecule has 30 heavy (non-hydrogen) atoms. The Bertz CT molecular complexity index is 1190. The summed E-state index contributed by atoms with van der Waals surface area (Å²) < 4.78 is 11.9. The zero-order valence-corrected chi connectivity index (χ0v) is 16.0. The van der Waals surface area contributed by atoms with Gasteiger partial charge in [-0.3, -0.25) is 4.79 Å². The molecule has 2 heterocycles. The number of aliphatic hydroxyl groups is 3. The van der Waals surface area contributed by atoms with Crippen molar-refractivity contribution in [3.8, 4) is 5.75 Å². The van der Waals surface area contributed by atoms with Crippen LogP contribution in [-0.2, 0) is 21.6 Å². The van der Waals surface area contributed by atoms with E-state index in [2.05, 4.69) is 0 Å². The van der Waals surface area contributed by atoms with Crippen LogP contribution < -0.4 is 4.74 Å². The first-order valence-electron chi connectivity index (χ1n) is 9.64. The van der Waals surface area contributed by atoms with Crippen LogP contribution in [0.25, 0.3) is 0 Å². The van der Waals surface area contributed by atoms with E-state index in [4.69, 9.17) is 9.47 Å². The summed E-state index contributed by atoms with van der Waals surface area (Å²) in [5, 5.41) is 30.8. The number of hydrogen-bond acceptors (Lipinski definition) is 7. The van der Waals surface area contributed by atoms with Gasteiger partial charge in [0.25, 0.3) is 0 Å². The molecule has 5 rings (SSSR count). The lowest BCUT2D eigenvalue weighted by atomic mass is 9.69. The largest absolute Gasteiger partial charge is 0.502 e. The lowest BCUT2D eigenvalue weighted by Crippen LogP contribution is -2.49. The maximum Gasteiger partial charge on any atom is 0.339 e. The molecule has 0 radical (unpaired) electrons. The van der Waals surface area contributed by atoms with Crippen LogP contribution in [0.5, 0.6) is 5.75 Å². The van der Waals surface area contributed by atoms with Crippen LogP contribution in [0.4, 0.5) is 0 Å². The third-order valence-electron chi connectivity index (χ3n) is 5.88. The summed E-state index contributed by atoms with van der Waals surface area (Å²) in [6.07, 6.45) is 1.46. The van der Waals surface area contributed by atoms with Crippen molar-refractivity contribution >= 4 is 11.8 Å². The molecule has 152 valence electrons. The van der Waals surface area contributed by atoms with E-state index < -0.39 is 40.5 Å². The van der Waals surface area contributed by atoms with Gasteiger partial charge in [0, 0.05) is 11.1 Å². The molecule has 0 aromatic heterocycles. The highest BCUT2D eigenvalue weighted by molar-refractivity contribution is 6.04. The number of para-hydroxylation sites is 1. The number of ketones is 1. The number of esters is 1. The lowest BCUT2D eigenvalue weighted by Gasteiger charge is -2.43. The second-order valence-corrected chi connectivity index (χ2v) is 7.52. The molecule has 2 atom stereocenters. The summed E-state index contributed by atoms with van der Waals surface area (Å²) in [6.45, 7) is 2.00. The molecule has 0 amide bonds. The molecule has 0 bridgehead atoms. The molecule has 7 heteroatoms. The molecule has 2 aromatic carbocycles. The van der Waals surface area contributed by atoms with Gasteiger partial charge in [-0.25, -0.2) is 4.79 Å². The van der Waals surface area contributed by atoms with Crippen molar-refractivity contribution in [1.29, 1.82) is 0 Å². The molecule has 1 spiro atoms. The predicted octanol–water partition coefficient (Wildman–Crippen LogP) is 3.74. The Morgan fingerprint density at radius 3 is 2.43 bits per heavy atom. The first-order valence-corrected chi connectivity index (χ1v) is 9.64. The summed E-state index contributed by atoms with van der Waals surface area (Å²) >= 11 is 0. The summed E-state index contributed by atoms with van der Waals surface area (Å²) in [6, 6.07) is 12.0. The van der Waals surface area contributed by atoms with Gasteiger partial charge < -0.3 is 24.8 Å². The Balaban J connectivity index is 1.90. The quantitative estimate of drug-likeness (QED) is 0.651. The predicted molar refractivity (Wildman–Crippen MR) is 104 cm³/mol. The van der Waals surface area contributed by atoms with Crippen LogP contribution in [0.1, 0.15) is 40.4 Å². The maximum absolute atomic E-state index is 13.1. The number of hydrogen-bond donors (Lipinski definition) is 3. The number of fused-ring (bicyclic) bond motifs is 6. The molecule has 7 nitrogen and oxygen atoms in total. The fourth-order valence-corrected chi connectivity index (χ4v) is 4.60. The topological polar surface area (TPSA) is 113 Å². The van der Waals surface area contributed by atoms with Gasteiger partial charge in [-0.15, -0.1) is 0 Å². The maximum atomic E-state index is 13.1. The van der Waals surface area contributed by atoms with Crippen molar-refractivity contribution in [3.05, 3.63) is 87.8 Å². The van der Waals surface area contributed by atoms with Crippen molar-refractivity contribution in [2.75, 3.05) is 0 Å². The monoisotopic (exact) mass is 406 g/mol. The third-order valence-corrected chi connectivity index (χ3v) is 5.88. The molecular formula is C23H18O7. The van der Waals surface area contributed by atoms with E-state index >= 15 is 0 Å². The highest BCUT2D eigenvalue weighted by atomic mass is 16.6. The summed E-state index contributed by atoms with van der Waals surface area (Å²) in [5.74, 6) is -5.52. The zero-order valence-electron chi connectivity index (χ0n) is 16.0. The van der Waals surface area contributed by atoms with E-state index in [1.54, 1.807) is 36.4 Å². The number of carbonyl (C=O) groups excluding carboxylic acids is 2. The van der Waals surface area contributed by atoms with Crippen LogP contribution in [0.15, 0.2) is 65.5 Å². The van der Waals surface area contributed by atoms with Crippen molar-refractivity contribution in [1.82, 2.24) is 0 Å². The average Bonchev–Trinajstić information content (AvgIpc) is 3.04. The van der Waals surface area contributed by atoms with Gasteiger partial charge in [0.2, 0.25) is 23.1 Å². The van der Waals surface area contributed by atoms with Crippen LogP contribution in [0.2, 0.25) is 0 Å². The van der Waals surface area contributed by atoms with Crippen LogP contribution in [0, 0.1) is 5.92 Å². The molecule has 1 aliphatic carbocycles. The summed E-state index contributed by atoms with van der Waals surface area (Å²) in [7, 11) is 0. The van der Waals surface area contributed by atoms with Gasteiger partial charge in [-0.2, -0.15) is 0 Å². The molecule has 0 saturated carbocycles. The standard InChI is InChI=1S/C23H18O7/c1-2-6-11-7-5-10-14-20(11)29-21-15(16(24)17(25)18(26)19(21)27)23(14)13-9-4-3-8-12(13)22(28)30-23/h3-5,7-10,15,25-27H,2,6H2,1H3. The first-order chi connectivity index (χ1) is 14.4. The van der Waals surface area contributed by atoms with Gasteiger partial charge in [-0.05, 0) is 18.1 Å². The van der Waals surface area contributed by atoms with Crippen molar-refractivity contribution in [2.24, 2.45) is 5.92 Å². The lowest BCUT2D eigenvalue weighted by molar-refractivity contribution is -0.130. The molecule has 2 unspecified atom stereocenters. The van der Waals surface area contributed by atoms with Gasteiger partial charge in [-0.1, -0.05) is 49.7 Å². The van der Waals surface area contributed by atoms with Gasteiger partial charge >= 0.3 is 5.97 Å². The Labute approximate surface area is 171 Å². The highest BCUT2D eigenvalue weighted by Gasteiger charge is 2.63. The second-order valence-electron chi connectivity index (χ2n) is 7.52. The number of ether oxygens (including phenoxy) is 2. The van der Waals surface area contributed by atoms with Gasteiger partial charge in [0.15, 0.2) is 11.4 Å². The minimum absolute atomic E-state index is 0.254. The number of allylic oxidation sites excluding steroid dienone is 1. The van der Waals surface area contributed by atoms with Crippen molar-refractivity contribution in [2.45, 2.75) is 25.4 Å². The molecule has 3 N–H and O–H groups in total. The van der Waals surface area contributed by atoms with Crippen LogP contribution in [-0.4, -0.2) is 27.1 Å². The number of aryl methyl sites for hydroxylation is 1. The Kier molecular flexibility index (Phi) is 3.74. The Morgan fingerprint density at radius 2 is 1.67 bits per heavy atom. The molecule has 0 fully saturated rings. The summed E-state index contributed by atoms with van der Waals surface area (Å²) in [5.41, 5.74) is 0.345.